The maximum absolute atomic E-state index is 6.28. The van der Waals surface area contributed by atoms with Crippen LogP contribution in [0.5, 0.6) is 0 Å². The lowest BCUT2D eigenvalue weighted by atomic mass is 9.94. The van der Waals surface area contributed by atoms with Crippen molar-refractivity contribution < 1.29 is 0 Å². The third-order valence-corrected chi connectivity index (χ3v) is 4.55. The van der Waals surface area contributed by atoms with Crippen LogP contribution in [0.4, 0.5) is 0 Å². The van der Waals surface area contributed by atoms with Gasteiger partial charge in [-0.25, -0.2) is 4.98 Å². The zero-order valence-electron chi connectivity index (χ0n) is 11.2. The highest BCUT2D eigenvalue weighted by Crippen LogP contribution is 2.24. The van der Waals surface area contributed by atoms with Crippen LogP contribution in [0.1, 0.15) is 38.1 Å². The summed E-state index contributed by atoms with van der Waals surface area (Å²) in [6.07, 6.45) is 4.65. The molecule has 3 heteroatoms. The summed E-state index contributed by atoms with van der Waals surface area (Å²) in [6, 6.07) is 8.53. The lowest BCUT2D eigenvalue weighted by Gasteiger charge is -2.18. The summed E-state index contributed by atoms with van der Waals surface area (Å²) in [4.78, 5) is 4.65. The van der Waals surface area contributed by atoms with Crippen molar-refractivity contribution in [2.24, 2.45) is 11.7 Å². The zero-order valence-corrected chi connectivity index (χ0v) is 12.0. The van der Waals surface area contributed by atoms with Crippen LogP contribution in [0, 0.1) is 5.92 Å². The standard InChI is InChI=1S/C15H22N2S/c1-3-4-7-11(2)12(16)10-15-17-13-8-5-6-9-14(13)18-15/h5-6,8-9,11-12H,3-4,7,10,16H2,1-2H3. The van der Waals surface area contributed by atoms with Gasteiger partial charge in [0, 0.05) is 12.5 Å². The summed E-state index contributed by atoms with van der Waals surface area (Å²) < 4.78 is 1.26. The van der Waals surface area contributed by atoms with Gasteiger partial charge in [0.2, 0.25) is 0 Å². The summed E-state index contributed by atoms with van der Waals surface area (Å²) in [5.41, 5.74) is 7.38. The van der Waals surface area contributed by atoms with Gasteiger partial charge in [-0.1, -0.05) is 38.8 Å². The van der Waals surface area contributed by atoms with E-state index >= 15 is 0 Å². The third-order valence-electron chi connectivity index (χ3n) is 3.49. The predicted molar refractivity (Wildman–Crippen MR) is 80.0 cm³/mol. The number of nitrogens with two attached hydrogens (primary N) is 1. The van der Waals surface area contributed by atoms with Crippen LogP contribution in [0.15, 0.2) is 24.3 Å². The molecule has 0 aliphatic carbocycles. The summed E-state index contributed by atoms with van der Waals surface area (Å²) >= 11 is 1.78. The monoisotopic (exact) mass is 262 g/mol. The first-order chi connectivity index (χ1) is 8.70. The molecule has 0 aliphatic heterocycles. The number of rotatable bonds is 6. The molecule has 0 aliphatic rings. The average Bonchev–Trinajstić information content (AvgIpc) is 2.77. The van der Waals surface area contributed by atoms with Crippen LogP contribution in [0.2, 0.25) is 0 Å². The minimum absolute atomic E-state index is 0.233. The van der Waals surface area contributed by atoms with E-state index in [4.69, 9.17) is 5.73 Å². The summed E-state index contributed by atoms with van der Waals surface area (Å²) in [7, 11) is 0. The number of para-hydroxylation sites is 1. The number of aromatic nitrogens is 1. The first-order valence-electron chi connectivity index (χ1n) is 6.80. The average molecular weight is 262 g/mol. The van der Waals surface area contributed by atoms with Crippen molar-refractivity contribution in [3.63, 3.8) is 0 Å². The highest BCUT2D eigenvalue weighted by molar-refractivity contribution is 7.18. The van der Waals surface area contributed by atoms with Crippen molar-refractivity contribution in [2.45, 2.75) is 45.6 Å². The van der Waals surface area contributed by atoms with Gasteiger partial charge in [-0.2, -0.15) is 0 Å². The number of fused-ring (bicyclic) bond motifs is 1. The van der Waals surface area contributed by atoms with Crippen LogP contribution in [-0.4, -0.2) is 11.0 Å². The molecule has 2 unspecified atom stereocenters. The third kappa shape index (κ3) is 3.30. The number of thiazole rings is 1. The van der Waals surface area contributed by atoms with Gasteiger partial charge in [-0.3, -0.25) is 0 Å². The summed E-state index contributed by atoms with van der Waals surface area (Å²) in [6.45, 7) is 4.49. The van der Waals surface area contributed by atoms with E-state index in [0.29, 0.717) is 5.92 Å². The maximum atomic E-state index is 6.28. The number of hydrogen-bond donors (Lipinski definition) is 1. The summed E-state index contributed by atoms with van der Waals surface area (Å²) in [5, 5.41) is 1.17. The second kappa shape index (κ2) is 6.30. The number of benzene rings is 1. The van der Waals surface area contributed by atoms with Crippen LogP contribution >= 0.6 is 11.3 Å². The fourth-order valence-corrected chi connectivity index (χ4v) is 3.19. The van der Waals surface area contributed by atoms with E-state index in [9.17, 15) is 0 Å². The van der Waals surface area contributed by atoms with E-state index in [1.807, 2.05) is 6.07 Å². The molecule has 2 aromatic rings. The Labute approximate surface area is 113 Å². The van der Waals surface area contributed by atoms with E-state index in [-0.39, 0.29) is 6.04 Å². The molecule has 98 valence electrons. The van der Waals surface area contributed by atoms with E-state index in [2.05, 4.69) is 37.0 Å². The molecule has 0 amide bonds. The number of unbranched alkanes of at least 4 members (excludes halogenated alkanes) is 1. The van der Waals surface area contributed by atoms with E-state index in [0.717, 1.165) is 11.9 Å². The molecular formula is C15H22N2S. The van der Waals surface area contributed by atoms with Crippen molar-refractivity contribution in [1.82, 2.24) is 4.98 Å². The first-order valence-corrected chi connectivity index (χ1v) is 7.62. The molecule has 0 bridgehead atoms. The fourth-order valence-electron chi connectivity index (χ4n) is 2.15. The van der Waals surface area contributed by atoms with Gasteiger partial charge in [0.25, 0.3) is 0 Å². The smallest absolute Gasteiger partial charge is 0.0954 e. The molecule has 0 spiro atoms. The van der Waals surface area contributed by atoms with Gasteiger partial charge in [-0.05, 0) is 24.5 Å². The van der Waals surface area contributed by atoms with Crippen LogP contribution in [-0.2, 0) is 6.42 Å². The molecule has 18 heavy (non-hydrogen) atoms. The lowest BCUT2D eigenvalue weighted by molar-refractivity contribution is 0.410. The number of hydrogen-bond acceptors (Lipinski definition) is 3. The Balaban J connectivity index is 1.99. The first kappa shape index (κ1) is 13.5. The molecule has 2 atom stereocenters. The Hall–Kier alpha value is -0.930. The molecule has 1 aromatic heterocycles. The van der Waals surface area contributed by atoms with E-state index < -0.39 is 0 Å². The molecule has 0 saturated heterocycles. The lowest BCUT2D eigenvalue weighted by Crippen LogP contribution is -2.30. The Morgan fingerprint density at radius 1 is 1.33 bits per heavy atom. The van der Waals surface area contributed by atoms with Gasteiger partial charge in [-0.15, -0.1) is 11.3 Å². The van der Waals surface area contributed by atoms with Crippen LogP contribution < -0.4 is 5.73 Å². The number of nitrogens with zero attached hydrogens (tertiary/aromatic N) is 1. The van der Waals surface area contributed by atoms with Gasteiger partial charge in [0.05, 0.1) is 15.2 Å². The van der Waals surface area contributed by atoms with Crippen molar-refractivity contribution in [3.8, 4) is 0 Å². The largest absolute Gasteiger partial charge is 0.327 e. The fraction of sp³-hybridized carbons (Fsp3) is 0.533. The minimum Gasteiger partial charge on any atom is -0.327 e. The molecule has 2 N–H and O–H groups in total. The van der Waals surface area contributed by atoms with Gasteiger partial charge in [0.15, 0.2) is 0 Å². The van der Waals surface area contributed by atoms with Crippen molar-refractivity contribution in [3.05, 3.63) is 29.3 Å². The molecule has 2 nitrogen and oxygen atoms in total. The summed E-state index contributed by atoms with van der Waals surface area (Å²) in [5.74, 6) is 0.581. The van der Waals surface area contributed by atoms with E-state index in [1.54, 1.807) is 11.3 Å². The SMILES string of the molecule is CCCCC(C)C(N)Cc1nc2ccccc2s1. The second-order valence-corrected chi connectivity index (χ2v) is 6.18. The normalized spacial score (nSPS) is 14.8. The zero-order chi connectivity index (χ0) is 13.0. The molecule has 2 rings (SSSR count). The Bertz CT molecular complexity index is 459. The Kier molecular flexibility index (Phi) is 4.72. The molecule has 0 fully saturated rings. The van der Waals surface area contributed by atoms with Crippen molar-refractivity contribution in [2.75, 3.05) is 0 Å². The quantitative estimate of drug-likeness (QED) is 0.855. The van der Waals surface area contributed by atoms with Gasteiger partial charge in [0.1, 0.15) is 0 Å². The van der Waals surface area contributed by atoms with Crippen molar-refractivity contribution in [1.29, 1.82) is 0 Å². The highest BCUT2D eigenvalue weighted by Gasteiger charge is 2.15. The predicted octanol–water partition coefficient (Wildman–Crippen LogP) is 3.99. The van der Waals surface area contributed by atoms with Crippen molar-refractivity contribution >= 4 is 21.6 Å². The molecule has 1 aromatic carbocycles. The highest BCUT2D eigenvalue weighted by atomic mass is 32.1. The molecule has 1 heterocycles. The molecular weight excluding hydrogens is 240 g/mol. The second-order valence-electron chi connectivity index (χ2n) is 5.06. The minimum atomic E-state index is 0.233. The van der Waals surface area contributed by atoms with E-state index in [1.165, 1.54) is 29.0 Å². The molecule has 0 radical (unpaired) electrons. The van der Waals surface area contributed by atoms with Crippen LogP contribution in [0.3, 0.4) is 0 Å². The van der Waals surface area contributed by atoms with Gasteiger partial charge >= 0.3 is 0 Å². The molecule has 0 saturated carbocycles. The van der Waals surface area contributed by atoms with Gasteiger partial charge < -0.3 is 5.73 Å². The Morgan fingerprint density at radius 2 is 2.11 bits per heavy atom. The Morgan fingerprint density at radius 3 is 2.83 bits per heavy atom. The maximum Gasteiger partial charge on any atom is 0.0954 e. The van der Waals surface area contributed by atoms with Crippen LogP contribution in [0.25, 0.3) is 10.2 Å². The topological polar surface area (TPSA) is 38.9 Å².